The van der Waals surface area contributed by atoms with Gasteiger partial charge >= 0.3 is 0 Å². The highest BCUT2D eigenvalue weighted by Crippen LogP contribution is 2.40. The van der Waals surface area contributed by atoms with E-state index in [1.54, 1.807) is 6.07 Å². The Labute approximate surface area is 109 Å². The van der Waals surface area contributed by atoms with Gasteiger partial charge in [-0.25, -0.2) is 4.68 Å². The van der Waals surface area contributed by atoms with E-state index in [4.69, 9.17) is 17.3 Å². The Morgan fingerprint density at radius 3 is 2.78 bits per heavy atom. The van der Waals surface area contributed by atoms with E-state index in [2.05, 4.69) is 5.10 Å². The van der Waals surface area contributed by atoms with Gasteiger partial charge in [0.15, 0.2) is 0 Å². The first-order chi connectivity index (χ1) is 8.58. The quantitative estimate of drug-likeness (QED) is 0.875. The molecule has 5 heteroatoms. The number of hydrogen-bond acceptors (Lipinski definition) is 2. The summed E-state index contributed by atoms with van der Waals surface area (Å²) in [5, 5.41) is 3.73. The van der Waals surface area contributed by atoms with Crippen molar-refractivity contribution >= 4 is 17.3 Å². The van der Waals surface area contributed by atoms with Crippen molar-refractivity contribution in [2.24, 2.45) is 0 Å². The van der Waals surface area contributed by atoms with Crippen LogP contribution in [0.25, 0.3) is 5.69 Å². The molecule has 1 fully saturated rings. The molecule has 1 aliphatic rings. The zero-order valence-electron chi connectivity index (χ0n) is 10.0. The molecule has 1 aromatic carbocycles. The maximum absolute atomic E-state index is 12.1. The summed E-state index contributed by atoms with van der Waals surface area (Å²) in [7, 11) is 0. The summed E-state index contributed by atoms with van der Waals surface area (Å²) in [5.41, 5.74) is 8.54. The van der Waals surface area contributed by atoms with Crippen molar-refractivity contribution in [3.63, 3.8) is 0 Å². The number of anilines is 1. The maximum Gasteiger partial charge on any atom is 0.294 e. The summed E-state index contributed by atoms with van der Waals surface area (Å²) in [6, 6.07) is 5.51. The monoisotopic (exact) mass is 263 g/mol. The number of H-pyrrole nitrogens is 1. The van der Waals surface area contributed by atoms with Gasteiger partial charge < -0.3 is 5.73 Å². The van der Waals surface area contributed by atoms with Crippen LogP contribution in [0.3, 0.4) is 0 Å². The van der Waals surface area contributed by atoms with E-state index in [0.717, 1.165) is 24.1 Å². The van der Waals surface area contributed by atoms with E-state index in [1.807, 2.05) is 19.1 Å². The second kappa shape index (κ2) is 3.92. The fraction of sp³-hybridized carbons (Fsp3) is 0.308. The zero-order valence-corrected chi connectivity index (χ0v) is 10.8. The molecule has 0 bridgehead atoms. The summed E-state index contributed by atoms with van der Waals surface area (Å²) in [6.07, 6.45) is 2.19. The normalized spacial score (nSPS) is 15.0. The van der Waals surface area contributed by atoms with E-state index in [1.165, 1.54) is 4.68 Å². The summed E-state index contributed by atoms with van der Waals surface area (Å²) >= 11 is 6.08. The van der Waals surface area contributed by atoms with E-state index in [9.17, 15) is 4.79 Å². The molecule has 18 heavy (non-hydrogen) atoms. The molecule has 1 aliphatic carbocycles. The van der Waals surface area contributed by atoms with Gasteiger partial charge in [-0.15, -0.1) is 0 Å². The predicted octanol–water partition coefficient (Wildman–Crippen LogP) is 2.59. The van der Waals surface area contributed by atoms with Gasteiger partial charge in [0.05, 0.1) is 11.4 Å². The van der Waals surface area contributed by atoms with Crippen LogP contribution in [0.5, 0.6) is 0 Å². The molecular formula is C13H14ClN3O. The molecule has 1 aromatic heterocycles. The van der Waals surface area contributed by atoms with Crippen LogP contribution in [-0.4, -0.2) is 9.78 Å². The van der Waals surface area contributed by atoms with Gasteiger partial charge in [-0.1, -0.05) is 17.7 Å². The maximum atomic E-state index is 12.1. The minimum atomic E-state index is -0.197. The minimum absolute atomic E-state index is 0.197. The number of nitrogen functional groups attached to an aromatic ring is 1. The molecule has 0 atom stereocenters. The van der Waals surface area contributed by atoms with Gasteiger partial charge in [-0.3, -0.25) is 9.89 Å². The lowest BCUT2D eigenvalue weighted by Gasteiger charge is -2.04. The van der Waals surface area contributed by atoms with E-state index in [0.29, 0.717) is 22.3 Å². The second-order valence-corrected chi connectivity index (χ2v) is 5.19. The van der Waals surface area contributed by atoms with Crippen LogP contribution in [-0.2, 0) is 0 Å². The number of hydrogen-bond donors (Lipinski definition) is 2. The largest absolute Gasteiger partial charge is 0.393 e. The first-order valence-corrected chi connectivity index (χ1v) is 6.32. The molecule has 0 radical (unpaired) electrons. The number of aromatic amines is 1. The molecule has 0 saturated heterocycles. The molecule has 94 valence electrons. The first-order valence-electron chi connectivity index (χ1n) is 5.95. The van der Waals surface area contributed by atoms with Crippen molar-refractivity contribution in [2.75, 3.05) is 5.73 Å². The summed E-state index contributed by atoms with van der Waals surface area (Å²) in [4.78, 5) is 12.1. The fourth-order valence-corrected chi connectivity index (χ4v) is 2.23. The smallest absolute Gasteiger partial charge is 0.294 e. The fourth-order valence-electron chi connectivity index (χ4n) is 2.05. The lowest BCUT2D eigenvalue weighted by atomic mass is 10.2. The highest BCUT2D eigenvalue weighted by atomic mass is 35.5. The Morgan fingerprint density at radius 1 is 1.44 bits per heavy atom. The van der Waals surface area contributed by atoms with Crippen molar-refractivity contribution < 1.29 is 0 Å². The molecule has 4 nitrogen and oxygen atoms in total. The van der Waals surface area contributed by atoms with Gasteiger partial charge in [0.2, 0.25) is 0 Å². The Hall–Kier alpha value is -1.68. The summed E-state index contributed by atoms with van der Waals surface area (Å²) in [6.45, 7) is 1.92. The average Bonchev–Trinajstić information content (AvgIpc) is 3.13. The Balaban J connectivity index is 2.13. The van der Waals surface area contributed by atoms with Crippen LogP contribution in [0.15, 0.2) is 23.0 Å². The van der Waals surface area contributed by atoms with Crippen LogP contribution in [0.2, 0.25) is 5.02 Å². The van der Waals surface area contributed by atoms with Crippen molar-refractivity contribution in [2.45, 2.75) is 25.7 Å². The zero-order chi connectivity index (χ0) is 12.9. The number of halogens is 1. The third-order valence-corrected chi connectivity index (χ3v) is 3.76. The standard InChI is InChI=1S/C13H14ClN3O/c1-7-2-5-9(6-10(7)14)17-13(18)11(15)12(16-17)8-3-4-8/h2,5-6,8,16H,3-4,15H2,1H3. The van der Waals surface area contributed by atoms with E-state index in [-0.39, 0.29) is 5.56 Å². The number of nitrogens with two attached hydrogens (primary N) is 1. The molecule has 0 aliphatic heterocycles. The number of aromatic nitrogens is 2. The second-order valence-electron chi connectivity index (χ2n) is 4.79. The Kier molecular flexibility index (Phi) is 2.48. The Morgan fingerprint density at radius 2 is 2.17 bits per heavy atom. The number of nitrogens with zero attached hydrogens (tertiary/aromatic N) is 1. The molecule has 0 unspecified atom stereocenters. The summed E-state index contributed by atoms with van der Waals surface area (Å²) < 4.78 is 1.47. The molecular weight excluding hydrogens is 250 g/mol. The van der Waals surface area contributed by atoms with Crippen molar-refractivity contribution in [1.82, 2.24) is 9.78 Å². The van der Waals surface area contributed by atoms with Crippen molar-refractivity contribution in [3.8, 4) is 5.69 Å². The number of aryl methyl sites for hydroxylation is 1. The van der Waals surface area contributed by atoms with Crippen LogP contribution < -0.4 is 11.3 Å². The van der Waals surface area contributed by atoms with Gasteiger partial charge in [-0.2, -0.15) is 0 Å². The third-order valence-electron chi connectivity index (χ3n) is 3.36. The van der Waals surface area contributed by atoms with Crippen LogP contribution >= 0.6 is 11.6 Å². The molecule has 2 aromatic rings. The molecule has 3 rings (SSSR count). The molecule has 1 heterocycles. The van der Waals surface area contributed by atoms with Gasteiger partial charge in [0.25, 0.3) is 5.56 Å². The molecule has 1 saturated carbocycles. The van der Waals surface area contributed by atoms with Crippen molar-refractivity contribution in [3.05, 3.63) is 44.8 Å². The van der Waals surface area contributed by atoms with Crippen LogP contribution in [0.1, 0.15) is 30.0 Å². The highest BCUT2D eigenvalue weighted by molar-refractivity contribution is 6.31. The number of nitrogens with one attached hydrogen (secondary N) is 1. The van der Waals surface area contributed by atoms with Crippen LogP contribution in [0.4, 0.5) is 5.69 Å². The van der Waals surface area contributed by atoms with E-state index < -0.39 is 0 Å². The highest BCUT2D eigenvalue weighted by Gasteiger charge is 2.29. The van der Waals surface area contributed by atoms with Crippen LogP contribution in [0, 0.1) is 6.92 Å². The summed E-state index contributed by atoms with van der Waals surface area (Å²) in [5.74, 6) is 0.417. The SMILES string of the molecule is Cc1ccc(-n2[nH]c(C3CC3)c(N)c2=O)cc1Cl. The Bertz CT molecular complexity index is 667. The predicted molar refractivity (Wildman–Crippen MR) is 72.5 cm³/mol. The van der Waals surface area contributed by atoms with Gasteiger partial charge in [-0.05, 0) is 37.5 Å². The van der Waals surface area contributed by atoms with Gasteiger partial charge in [0.1, 0.15) is 5.69 Å². The lowest BCUT2D eigenvalue weighted by molar-refractivity contribution is 0.816. The van der Waals surface area contributed by atoms with Crippen molar-refractivity contribution in [1.29, 1.82) is 0 Å². The van der Waals surface area contributed by atoms with E-state index >= 15 is 0 Å². The minimum Gasteiger partial charge on any atom is -0.393 e. The lowest BCUT2D eigenvalue weighted by Crippen LogP contribution is -2.16. The number of benzene rings is 1. The molecule has 0 amide bonds. The van der Waals surface area contributed by atoms with Gasteiger partial charge in [0, 0.05) is 10.9 Å². The first kappa shape index (κ1) is 11.4. The molecule has 3 N–H and O–H groups in total. The number of rotatable bonds is 2. The average molecular weight is 264 g/mol. The third kappa shape index (κ3) is 1.73. The topological polar surface area (TPSA) is 63.8 Å². The molecule has 0 spiro atoms.